The van der Waals surface area contributed by atoms with Gasteiger partial charge in [0.25, 0.3) is 0 Å². The Kier molecular flexibility index (Phi) is 3.45. The van der Waals surface area contributed by atoms with Crippen LogP contribution in [0.2, 0.25) is 0 Å². The Morgan fingerprint density at radius 3 is 2.85 bits per heavy atom. The second-order valence-corrected chi connectivity index (χ2v) is 4.25. The zero-order valence-electron chi connectivity index (χ0n) is 7.92. The minimum absolute atomic E-state index is 0.145. The number of nitrogens with one attached hydrogen (secondary N) is 2. The fourth-order valence-corrected chi connectivity index (χ4v) is 1.75. The van der Waals surface area contributed by atoms with E-state index in [0.717, 1.165) is 12.1 Å². The van der Waals surface area contributed by atoms with Crippen molar-refractivity contribution in [2.24, 2.45) is 5.73 Å². The maximum absolute atomic E-state index is 7.23. The van der Waals surface area contributed by atoms with Crippen molar-refractivity contribution in [1.82, 2.24) is 5.32 Å². The predicted octanol–water partition coefficient (Wildman–Crippen LogP) is 1.53. The number of thiophene rings is 1. The summed E-state index contributed by atoms with van der Waals surface area (Å²) in [6.45, 7) is 5.08. The average Bonchev–Trinajstić information content (AvgIpc) is 2.48. The van der Waals surface area contributed by atoms with Gasteiger partial charge in [0.1, 0.15) is 5.84 Å². The molecule has 0 bridgehead atoms. The first-order valence-electron chi connectivity index (χ1n) is 4.25. The zero-order valence-corrected chi connectivity index (χ0v) is 8.74. The van der Waals surface area contributed by atoms with E-state index in [0.29, 0.717) is 6.04 Å². The van der Waals surface area contributed by atoms with Crippen molar-refractivity contribution in [3.05, 3.63) is 21.9 Å². The van der Waals surface area contributed by atoms with Gasteiger partial charge in [0, 0.05) is 28.4 Å². The Morgan fingerprint density at radius 1 is 1.69 bits per heavy atom. The summed E-state index contributed by atoms with van der Waals surface area (Å²) in [5.41, 5.74) is 6.18. The van der Waals surface area contributed by atoms with Gasteiger partial charge in [-0.3, -0.25) is 5.41 Å². The van der Waals surface area contributed by atoms with E-state index in [4.69, 9.17) is 11.1 Å². The van der Waals surface area contributed by atoms with Gasteiger partial charge in [0.15, 0.2) is 0 Å². The zero-order chi connectivity index (χ0) is 9.84. The molecule has 0 aliphatic carbocycles. The molecule has 1 aromatic heterocycles. The quantitative estimate of drug-likeness (QED) is 0.506. The lowest BCUT2D eigenvalue weighted by molar-refractivity contribution is 0.593. The number of rotatable bonds is 4. The minimum atomic E-state index is 0.145. The van der Waals surface area contributed by atoms with E-state index >= 15 is 0 Å². The highest BCUT2D eigenvalue weighted by Crippen LogP contribution is 2.13. The molecule has 0 unspecified atom stereocenters. The molecule has 4 heteroatoms. The number of amidine groups is 1. The van der Waals surface area contributed by atoms with Gasteiger partial charge in [-0.25, -0.2) is 0 Å². The normalized spacial score (nSPS) is 10.7. The van der Waals surface area contributed by atoms with Crippen molar-refractivity contribution in [3.8, 4) is 0 Å². The van der Waals surface area contributed by atoms with Crippen LogP contribution < -0.4 is 11.1 Å². The van der Waals surface area contributed by atoms with Crippen molar-refractivity contribution >= 4 is 17.2 Å². The molecule has 4 N–H and O–H groups in total. The summed E-state index contributed by atoms with van der Waals surface area (Å²) in [6, 6.07) is 2.45. The second kappa shape index (κ2) is 4.39. The SMILES string of the molecule is CC(C)NCc1cc(C(=N)N)cs1. The number of hydrogen-bond acceptors (Lipinski definition) is 3. The monoisotopic (exact) mass is 197 g/mol. The molecule has 3 nitrogen and oxygen atoms in total. The average molecular weight is 197 g/mol. The van der Waals surface area contributed by atoms with Crippen LogP contribution in [0.4, 0.5) is 0 Å². The first kappa shape index (κ1) is 10.2. The van der Waals surface area contributed by atoms with Gasteiger partial charge >= 0.3 is 0 Å². The Hall–Kier alpha value is -0.870. The molecule has 0 aliphatic rings. The summed E-state index contributed by atoms with van der Waals surface area (Å²) in [5.74, 6) is 0.145. The molecule has 13 heavy (non-hydrogen) atoms. The molecule has 0 radical (unpaired) electrons. The van der Waals surface area contributed by atoms with Gasteiger partial charge < -0.3 is 11.1 Å². The van der Waals surface area contributed by atoms with Crippen LogP contribution in [0.25, 0.3) is 0 Å². The van der Waals surface area contributed by atoms with E-state index in [9.17, 15) is 0 Å². The van der Waals surface area contributed by atoms with Crippen molar-refractivity contribution in [3.63, 3.8) is 0 Å². The Morgan fingerprint density at radius 2 is 2.38 bits per heavy atom. The molecule has 0 aromatic carbocycles. The summed E-state index contributed by atoms with van der Waals surface area (Å²) in [5, 5.41) is 12.5. The predicted molar refractivity (Wildman–Crippen MR) is 57.3 cm³/mol. The molecule has 1 rings (SSSR count). The number of hydrogen-bond donors (Lipinski definition) is 3. The van der Waals surface area contributed by atoms with Gasteiger partial charge in [0.2, 0.25) is 0 Å². The lowest BCUT2D eigenvalue weighted by Gasteiger charge is -2.04. The molecule has 72 valence electrons. The standard InChI is InChI=1S/C9H15N3S/c1-6(2)12-4-8-3-7(5-13-8)9(10)11/h3,5-6,12H,4H2,1-2H3,(H3,10,11). The maximum atomic E-state index is 7.23. The third-order valence-electron chi connectivity index (χ3n) is 1.65. The summed E-state index contributed by atoms with van der Waals surface area (Å²) in [4.78, 5) is 1.22. The van der Waals surface area contributed by atoms with Crippen LogP contribution in [0.15, 0.2) is 11.4 Å². The van der Waals surface area contributed by atoms with Gasteiger partial charge in [-0.2, -0.15) is 0 Å². The summed E-state index contributed by atoms with van der Waals surface area (Å²) in [7, 11) is 0. The first-order valence-corrected chi connectivity index (χ1v) is 5.12. The van der Waals surface area contributed by atoms with Crippen molar-refractivity contribution in [2.45, 2.75) is 26.4 Å². The highest BCUT2D eigenvalue weighted by molar-refractivity contribution is 7.10. The van der Waals surface area contributed by atoms with Crippen molar-refractivity contribution < 1.29 is 0 Å². The van der Waals surface area contributed by atoms with Crippen LogP contribution in [-0.4, -0.2) is 11.9 Å². The largest absolute Gasteiger partial charge is 0.384 e. The molecule has 0 amide bonds. The molecule has 0 spiro atoms. The third kappa shape index (κ3) is 3.16. The molecule has 0 fully saturated rings. The first-order chi connectivity index (χ1) is 6.09. The fraction of sp³-hybridized carbons (Fsp3) is 0.444. The van der Waals surface area contributed by atoms with Crippen molar-refractivity contribution in [1.29, 1.82) is 5.41 Å². The van der Waals surface area contributed by atoms with Gasteiger partial charge in [-0.15, -0.1) is 11.3 Å². The highest BCUT2D eigenvalue weighted by atomic mass is 32.1. The second-order valence-electron chi connectivity index (χ2n) is 3.25. The van der Waals surface area contributed by atoms with Crippen LogP contribution in [0.3, 0.4) is 0 Å². The molecule has 1 heterocycles. The molecular formula is C9H15N3S. The van der Waals surface area contributed by atoms with Gasteiger partial charge in [-0.05, 0) is 6.07 Å². The minimum Gasteiger partial charge on any atom is -0.384 e. The molecule has 0 saturated carbocycles. The van der Waals surface area contributed by atoms with Crippen LogP contribution in [0.1, 0.15) is 24.3 Å². The van der Waals surface area contributed by atoms with E-state index in [1.807, 2.05) is 11.4 Å². The van der Waals surface area contributed by atoms with E-state index in [2.05, 4.69) is 19.2 Å². The van der Waals surface area contributed by atoms with Gasteiger partial charge in [0.05, 0.1) is 0 Å². The topological polar surface area (TPSA) is 61.9 Å². The molecule has 1 aromatic rings. The van der Waals surface area contributed by atoms with E-state index < -0.39 is 0 Å². The van der Waals surface area contributed by atoms with Crippen LogP contribution in [0.5, 0.6) is 0 Å². The van der Waals surface area contributed by atoms with E-state index in [1.54, 1.807) is 11.3 Å². The summed E-state index contributed by atoms with van der Waals surface area (Å²) >= 11 is 1.64. The molecular weight excluding hydrogens is 182 g/mol. The Labute approximate surface area is 82.5 Å². The van der Waals surface area contributed by atoms with Crippen LogP contribution >= 0.6 is 11.3 Å². The van der Waals surface area contributed by atoms with Crippen molar-refractivity contribution in [2.75, 3.05) is 0 Å². The molecule has 0 saturated heterocycles. The van der Waals surface area contributed by atoms with E-state index in [1.165, 1.54) is 4.88 Å². The summed E-state index contributed by atoms with van der Waals surface area (Å²) in [6.07, 6.45) is 0. The molecule has 0 aliphatic heterocycles. The Balaban J connectivity index is 2.54. The lowest BCUT2D eigenvalue weighted by Crippen LogP contribution is -2.21. The molecule has 0 atom stereocenters. The smallest absolute Gasteiger partial charge is 0.123 e. The fourth-order valence-electron chi connectivity index (χ4n) is 0.919. The third-order valence-corrected chi connectivity index (χ3v) is 2.59. The number of nitrogens with two attached hydrogens (primary N) is 1. The maximum Gasteiger partial charge on any atom is 0.123 e. The van der Waals surface area contributed by atoms with Crippen LogP contribution in [-0.2, 0) is 6.54 Å². The Bertz CT molecular complexity index is 291. The van der Waals surface area contributed by atoms with Crippen LogP contribution in [0, 0.1) is 5.41 Å². The summed E-state index contributed by atoms with van der Waals surface area (Å²) < 4.78 is 0. The van der Waals surface area contributed by atoms with Gasteiger partial charge in [-0.1, -0.05) is 13.8 Å². The lowest BCUT2D eigenvalue weighted by atomic mass is 10.3. The highest BCUT2D eigenvalue weighted by Gasteiger charge is 2.02. The number of nitrogen functional groups attached to an aromatic ring is 1. The van der Waals surface area contributed by atoms with E-state index in [-0.39, 0.29) is 5.84 Å².